The molecule has 0 aromatic heterocycles. The maximum absolute atomic E-state index is 10.6. The van der Waals surface area contributed by atoms with Crippen LogP contribution in [0.5, 0.6) is 0 Å². The summed E-state index contributed by atoms with van der Waals surface area (Å²) in [6.45, 7) is 3.88. The van der Waals surface area contributed by atoms with E-state index in [1.165, 1.54) is 11.8 Å². The normalized spacial score (nSPS) is 24.6. The van der Waals surface area contributed by atoms with Gasteiger partial charge in [-0.05, 0) is 13.8 Å². The molecule has 0 aromatic carbocycles. The Morgan fingerprint density at radius 3 is 2.36 bits per heavy atom. The van der Waals surface area contributed by atoms with Crippen LogP contribution in [-0.2, 0) is 4.79 Å². The number of carboxylic acid groups (broad SMARTS) is 1. The highest BCUT2D eigenvalue weighted by molar-refractivity contribution is 8.04. The average Bonchev–Trinajstić information content (AvgIpc) is 2.17. The van der Waals surface area contributed by atoms with E-state index in [2.05, 4.69) is 0 Å². The number of rotatable bonds is 1. The molecule has 1 aliphatic heterocycles. The van der Waals surface area contributed by atoms with E-state index in [-0.39, 0.29) is 0 Å². The fraction of sp³-hybridized carbons (Fsp3) is 0.571. The van der Waals surface area contributed by atoms with E-state index in [1.807, 2.05) is 13.8 Å². The molecule has 1 unspecified atom stereocenters. The molecule has 0 saturated carbocycles. The zero-order chi connectivity index (χ0) is 8.59. The standard InChI is InChI=1S/C7H11NO2S/c1-4-5(2)11-6(7(9)10)8(4)3/h6H,1-3H3,(H,9,10). The summed E-state index contributed by atoms with van der Waals surface area (Å²) in [7, 11) is 1.80. The molecule has 1 aliphatic rings. The van der Waals surface area contributed by atoms with Crippen LogP contribution in [0.2, 0.25) is 0 Å². The lowest BCUT2D eigenvalue weighted by atomic mass is 10.4. The van der Waals surface area contributed by atoms with E-state index in [9.17, 15) is 4.79 Å². The van der Waals surface area contributed by atoms with E-state index >= 15 is 0 Å². The Balaban J connectivity index is 2.78. The Labute approximate surface area is 70.1 Å². The second kappa shape index (κ2) is 2.77. The molecule has 11 heavy (non-hydrogen) atoms. The van der Waals surface area contributed by atoms with E-state index in [0.717, 1.165) is 10.6 Å². The predicted molar refractivity (Wildman–Crippen MR) is 45.2 cm³/mol. The summed E-state index contributed by atoms with van der Waals surface area (Å²) in [5.41, 5.74) is 1.06. The van der Waals surface area contributed by atoms with Gasteiger partial charge in [-0.15, -0.1) is 0 Å². The molecule has 1 heterocycles. The number of hydrogen-bond donors (Lipinski definition) is 1. The highest BCUT2D eigenvalue weighted by atomic mass is 32.2. The van der Waals surface area contributed by atoms with Gasteiger partial charge in [0.25, 0.3) is 0 Å². The first-order valence-corrected chi connectivity index (χ1v) is 4.21. The van der Waals surface area contributed by atoms with E-state index in [1.54, 1.807) is 11.9 Å². The second-order valence-electron chi connectivity index (χ2n) is 2.56. The van der Waals surface area contributed by atoms with Gasteiger partial charge in [-0.2, -0.15) is 0 Å². The van der Waals surface area contributed by atoms with Crippen LogP contribution in [0, 0.1) is 0 Å². The van der Waals surface area contributed by atoms with E-state index in [4.69, 9.17) is 5.11 Å². The van der Waals surface area contributed by atoms with Crippen LogP contribution in [0.1, 0.15) is 13.8 Å². The van der Waals surface area contributed by atoms with Crippen molar-refractivity contribution in [2.75, 3.05) is 7.05 Å². The minimum atomic E-state index is -0.770. The molecule has 4 heteroatoms. The first-order chi connectivity index (χ1) is 5.04. The Morgan fingerprint density at radius 1 is 1.64 bits per heavy atom. The molecule has 1 N–H and O–H groups in total. The molecule has 3 nitrogen and oxygen atoms in total. The largest absolute Gasteiger partial charge is 0.479 e. The average molecular weight is 173 g/mol. The monoisotopic (exact) mass is 173 g/mol. The summed E-state index contributed by atoms with van der Waals surface area (Å²) in [4.78, 5) is 13.5. The molecule has 0 aromatic rings. The summed E-state index contributed by atoms with van der Waals surface area (Å²) in [5, 5.41) is 8.31. The number of nitrogens with zero attached hydrogens (tertiary/aromatic N) is 1. The summed E-state index contributed by atoms with van der Waals surface area (Å²) < 4.78 is 0. The topological polar surface area (TPSA) is 40.5 Å². The van der Waals surface area contributed by atoms with Gasteiger partial charge < -0.3 is 10.0 Å². The lowest BCUT2D eigenvalue weighted by Crippen LogP contribution is -2.30. The zero-order valence-electron chi connectivity index (χ0n) is 6.79. The first-order valence-electron chi connectivity index (χ1n) is 3.34. The van der Waals surface area contributed by atoms with Crippen molar-refractivity contribution in [3.8, 4) is 0 Å². The van der Waals surface area contributed by atoms with E-state index in [0.29, 0.717) is 0 Å². The fourth-order valence-electron chi connectivity index (χ4n) is 0.972. The number of hydrogen-bond acceptors (Lipinski definition) is 3. The van der Waals surface area contributed by atoms with Gasteiger partial charge in [0, 0.05) is 17.6 Å². The Kier molecular flexibility index (Phi) is 2.13. The first kappa shape index (κ1) is 8.46. The lowest BCUT2D eigenvalue weighted by Gasteiger charge is -2.18. The third-order valence-corrected chi connectivity index (χ3v) is 3.28. The van der Waals surface area contributed by atoms with Crippen LogP contribution in [0.25, 0.3) is 0 Å². The van der Waals surface area contributed by atoms with Crippen molar-refractivity contribution in [3.63, 3.8) is 0 Å². The number of carbonyl (C=O) groups is 1. The lowest BCUT2D eigenvalue weighted by molar-refractivity contribution is -0.138. The Hall–Kier alpha value is -0.640. The summed E-state index contributed by atoms with van der Waals surface area (Å²) in [5.74, 6) is -0.770. The van der Waals surface area contributed by atoms with Crippen molar-refractivity contribution in [2.45, 2.75) is 19.2 Å². The fourth-order valence-corrected chi connectivity index (χ4v) is 2.04. The summed E-state index contributed by atoms with van der Waals surface area (Å²) >= 11 is 1.40. The highest BCUT2D eigenvalue weighted by Crippen LogP contribution is 2.35. The number of allylic oxidation sites excluding steroid dienone is 2. The van der Waals surface area contributed by atoms with Crippen molar-refractivity contribution in [2.24, 2.45) is 0 Å². The number of likely N-dealkylation sites (N-methyl/N-ethyl adjacent to an activating group) is 1. The van der Waals surface area contributed by atoms with Gasteiger partial charge in [-0.1, -0.05) is 11.8 Å². The van der Waals surface area contributed by atoms with Crippen molar-refractivity contribution >= 4 is 17.7 Å². The van der Waals surface area contributed by atoms with Crippen LogP contribution in [-0.4, -0.2) is 28.4 Å². The Bertz CT molecular complexity index is 224. The second-order valence-corrected chi connectivity index (χ2v) is 3.86. The van der Waals surface area contributed by atoms with Gasteiger partial charge in [0.15, 0.2) is 5.37 Å². The van der Waals surface area contributed by atoms with Crippen molar-refractivity contribution in [1.29, 1.82) is 0 Å². The molecule has 0 fully saturated rings. The molecule has 0 amide bonds. The predicted octanol–water partition coefficient (Wildman–Crippen LogP) is 1.33. The maximum Gasteiger partial charge on any atom is 0.337 e. The third kappa shape index (κ3) is 1.35. The van der Waals surface area contributed by atoms with Gasteiger partial charge in [0.2, 0.25) is 0 Å². The molecule has 62 valence electrons. The van der Waals surface area contributed by atoms with Crippen LogP contribution < -0.4 is 0 Å². The van der Waals surface area contributed by atoms with Gasteiger partial charge in [-0.3, -0.25) is 0 Å². The van der Waals surface area contributed by atoms with Crippen LogP contribution in [0.4, 0.5) is 0 Å². The molecular formula is C7H11NO2S. The van der Waals surface area contributed by atoms with Crippen LogP contribution in [0.3, 0.4) is 0 Å². The van der Waals surface area contributed by atoms with Gasteiger partial charge in [0.05, 0.1) is 0 Å². The van der Waals surface area contributed by atoms with Crippen molar-refractivity contribution < 1.29 is 9.90 Å². The molecule has 0 aliphatic carbocycles. The highest BCUT2D eigenvalue weighted by Gasteiger charge is 2.30. The van der Waals surface area contributed by atoms with Gasteiger partial charge in [0.1, 0.15) is 0 Å². The minimum Gasteiger partial charge on any atom is -0.479 e. The molecule has 0 bridgehead atoms. The summed E-state index contributed by atoms with van der Waals surface area (Å²) in [6, 6.07) is 0. The van der Waals surface area contributed by atoms with Crippen LogP contribution in [0.15, 0.2) is 10.6 Å². The Morgan fingerprint density at radius 2 is 2.18 bits per heavy atom. The van der Waals surface area contributed by atoms with Crippen LogP contribution >= 0.6 is 11.8 Å². The number of carboxylic acids is 1. The zero-order valence-corrected chi connectivity index (χ0v) is 7.60. The third-order valence-electron chi connectivity index (χ3n) is 1.89. The molecule has 1 atom stereocenters. The smallest absolute Gasteiger partial charge is 0.337 e. The summed E-state index contributed by atoms with van der Waals surface area (Å²) in [6.07, 6.45) is 0. The van der Waals surface area contributed by atoms with Gasteiger partial charge in [-0.25, -0.2) is 4.79 Å². The molecule has 0 radical (unpaired) electrons. The minimum absolute atomic E-state index is 0.421. The van der Waals surface area contributed by atoms with Gasteiger partial charge >= 0.3 is 5.97 Å². The quantitative estimate of drug-likeness (QED) is 0.649. The van der Waals surface area contributed by atoms with Crippen molar-refractivity contribution in [3.05, 3.63) is 10.6 Å². The SMILES string of the molecule is CC1=C(C)N(C)C(C(=O)O)S1. The number of thioether (sulfide) groups is 1. The maximum atomic E-state index is 10.6. The molecule has 0 spiro atoms. The molecule has 1 rings (SSSR count). The molecule has 0 saturated heterocycles. The van der Waals surface area contributed by atoms with Crippen molar-refractivity contribution in [1.82, 2.24) is 4.90 Å². The van der Waals surface area contributed by atoms with E-state index < -0.39 is 11.3 Å². The number of aliphatic carboxylic acids is 1. The molecular weight excluding hydrogens is 162 g/mol.